The highest BCUT2D eigenvalue weighted by Gasteiger charge is 2.23. The molecule has 0 aliphatic carbocycles. The third-order valence-electron chi connectivity index (χ3n) is 5.33. The monoisotopic (exact) mass is 461 g/mol. The first kappa shape index (κ1) is 22.4. The first-order chi connectivity index (χ1) is 16.1. The molecular weight excluding hydrogens is 438 g/mol. The molecule has 1 aromatic heterocycles. The molecule has 1 atom stereocenters. The summed E-state index contributed by atoms with van der Waals surface area (Å²) in [5.74, 6) is -0.322. The molecule has 3 aromatic carbocycles. The van der Waals surface area contributed by atoms with Crippen LogP contribution in [0.25, 0.3) is 10.9 Å². The normalized spacial score (nSPS) is 11.7. The predicted molar refractivity (Wildman–Crippen MR) is 129 cm³/mol. The van der Waals surface area contributed by atoms with Gasteiger partial charge in [-0.05, 0) is 28.8 Å². The van der Waals surface area contributed by atoms with E-state index in [1.165, 1.54) is 0 Å². The smallest absolute Gasteiger partial charge is 0.408 e. The number of carbonyl (C=O) groups excluding carboxylic acids is 2. The van der Waals surface area contributed by atoms with E-state index >= 15 is 0 Å². The van der Waals surface area contributed by atoms with Crippen molar-refractivity contribution in [3.05, 3.63) is 107 Å². The lowest BCUT2D eigenvalue weighted by molar-refractivity contribution is -0.123. The van der Waals surface area contributed by atoms with Gasteiger partial charge in [-0.2, -0.15) is 0 Å². The quantitative estimate of drug-likeness (QED) is 0.346. The maximum absolute atomic E-state index is 13.1. The van der Waals surface area contributed by atoms with Gasteiger partial charge in [-0.15, -0.1) is 0 Å². The van der Waals surface area contributed by atoms with Crippen LogP contribution in [0.5, 0.6) is 0 Å². The van der Waals surface area contributed by atoms with Crippen molar-refractivity contribution in [2.24, 2.45) is 0 Å². The molecule has 0 unspecified atom stereocenters. The van der Waals surface area contributed by atoms with Gasteiger partial charge in [0.25, 0.3) is 0 Å². The lowest BCUT2D eigenvalue weighted by Crippen LogP contribution is -2.48. The Balaban J connectivity index is 1.46. The lowest BCUT2D eigenvalue weighted by atomic mass is 10.0. The Kier molecular flexibility index (Phi) is 7.27. The molecule has 6 nitrogen and oxygen atoms in total. The van der Waals surface area contributed by atoms with E-state index in [2.05, 4.69) is 15.6 Å². The first-order valence-electron chi connectivity index (χ1n) is 10.6. The minimum atomic E-state index is -0.824. The molecule has 0 radical (unpaired) electrons. The number of benzene rings is 3. The summed E-state index contributed by atoms with van der Waals surface area (Å²) in [6.45, 7) is 0.372. The van der Waals surface area contributed by atoms with E-state index in [4.69, 9.17) is 16.3 Å². The fraction of sp³-hybridized carbons (Fsp3) is 0.154. The Morgan fingerprint density at radius 3 is 2.45 bits per heavy atom. The zero-order valence-electron chi connectivity index (χ0n) is 17.9. The van der Waals surface area contributed by atoms with Gasteiger partial charge < -0.3 is 20.4 Å². The Hall–Kier alpha value is -3.77. The Morgan fingerprint density at radius 2 is 1.64 bits per heavy atom. The van der Waals surface area contributed by atoms with Crippen molar-refractivity contribution in [2.75, 3.05) is 0 Å². The minimum Gasteiger partial charge on any atom is -0.445 e. The number of fused-ring (bicyclic) bond motifs is 1. The van der Waals surface area contributed by atoms with Crippen LogP contribution in [-0.4, -0.2) is 23.0 Å². The molecule has 0 saturated heterocycles. The zero-order chi connectivity index (χ0) is 23.0. The zero-order valence-corrected chi connectivity index (χ0v) is 18.6. The van der Waals surface area contributed by atoms with Crippen molar-refractivity contribution in [1.29, 1.82) is 0 Å². The average Bonchev–Trinajstić information content (AvgIpc) is 3.25. The van der Waals surface area contributed by atoms with Crippen LogP contribution in [0, 0.1) is 0 Å². The maximum atomic E-state index is 13.1. The molecule has 4 rings (SSSR count). The van der Waals surface area contributed by atoms with Crippen LogP contribution < -0.4 is 10.6 Å². The van der Waals surface area contributed by atoms with Gasteiger partial charge >= 0.3 is 6.09 Å². The number of hydrogen-bond donors (Lipinski definition) is 3. The van der Waals surface area contributed by atoms with Crippen molar-refractivity contribution in [3.8, 4) is 0 Å². The third-order valence-corrected chi connectivity index (χ3v) is 5.70. The molecule has 0 aliphatic heterocycles. The number of aromatic nitrogens is 1. The van der Waals surface area contributed by atoms with Crippen molar-refractivity contribution >= 4 is 34.5 Å². The second kappa shape index (κ2) is 10.7. The van der Waals surface area contributed by atoms with Crippen molar-refractivity contribution in [1.82, 2.24) is 15.6 Å². The first-order valence-corrected chi connectivity index (χ1v) is 11.0. The highest BCUT2D eigenvalue weighted by Crippen LogP contribution is 2.20. The minimum absolute atomic E-state index is 0.119. The molecular formula is C26H24ClN3O3. The summed E-state index contributed by atoms with van der Waals surface area (Å²) in [4.78, 5) is 28.8. The van der Waals surface area contributed by atoms with Gasteiger partial charge in [-0.25, -0.2) is 4.79 Å². The second-order valence-electron chi connectivity index (χ2n) is 7.63. The van der Waals surface area contributed by atoms with E-state index < -0.39 is 12.1 Å². The Morgan fingerprint density at radius 1 is 0.909 bits per heavy atom. The van der Waals surface area contributed by atoms with Crippen molar-refractivity contribution in [2.45, 2.75) is 25.6 Å². The molecule has 4 aromatic rings. The number of amides is 2. The number of alkyl carbamates (subject to hydrolysis) is 1. The number of para-hydroxylation sites is 1. The van der Waals surface area contributed by atoms with Gasteiger partial charge in [0.05, 0.1) is 0 Å². The summed E-state index contributed by atoms with van der Waals surface area (Å²) in [5, 5.41) is 7.17. The largest absolute Gasteiger partial charge is 0.445 e. The number of rotatable bonds is 8. The van der Waals surface area contributed by atoms with Crippen LogP contribution in [0.2, 0.25) is 5.02 Å². The van der Waals surface area contributed by atoms with E-state index in [1.54, 1.807) is 6.07 Å². The molecule has 0 saturated carbocycles. The molecule has 33 heavy (non-hydrogen) atoms. The topological polar surface area (TPSA) is 83.2 Å². The summed E-state index contributed by atoms with van der Waals surface area (Å²) in [7, 11) is 0. The molecule has 7 heteroatoms. The third kappa shape index (κ3) is 5.93. The fourth-order valence-electron chi connectivity index (χ4n) is 3.58. The van der Waals surface area contributed by atoms with Crippen LogP contribution in [0.15, 0.2) is 85.1 Å². The summed E-state index contributed by atoms with van der Waals surface area (Å²) in [6, 6.07) is 23.7. The van der Waals surface area contributed by atoms with E-state index in [-0.39, 0.29) is 19.1 Å². The molecule has 3 N–H and O–H groups in total. The molecule has 0 aliphatic rings. The van der Waals surface area contributed by atoms with E-state index in [9.17, 15) is 9.59 Å². The number of H-pyrrole nitrogens is 1. The van der Waals surface area contributed by atoms with E-state index in [0.717, 1.165) is 27.6 Å². The predicted octanol–water partition coefficient (Wildman–Crippen LogP) is 4.98. The number of hydrogen-bond acceptors (Lipinski definition) is 3. The lowest BCUT2D eigenvalue weighted by Gasteiger charge is -2.18. The summed E-state index contributed by atoms with van der Waals surface area (Å²) < 4.78 is 5.34. The highest BCUT2D eigenvalue weighted by atomic mass is 35.5. The van der Waals surface area contributed by atoms with Gasteiger partial charge in [0.1, 0.15) is 12.6 Å². The number of aromatic amines is 1. The molecule has 2 amide bonds. The highest BCUT2D eigenvalue weighted by molar-refractivity contribution is 6.31. The van der Waals surface area contributed by atoms with Crippen LogP contribution in [0.3, 0.4) is 0 Å². The summed E-state index contributed by atoms with van der Waals surface area (Å²) in [6.07, 6.45) is 1.51. The Bertz CT molecular complexity index is 1240. The standard InChI is InChI=1S/C26H24ClN3O3/c27-22-12-6-4-10-19(22)15-29-25(31)24(14-20-16-28-23-13-7-5-11-21(20)23)30-26(32)33-17-18-8-2-1-3-9-18/h1-13,16,24,28H,14-15,17H2,(H,29,31)(H,30,32)/t24-/m0/s1. The molecule has 0 fully saturated rings. The SMILES string of the molecule is O=C(N[C@@H](Cc1c[nH]c2ccccc12)C(=O)NCc1ccccc1Cl)OCc1ccccc1. The number of ether oxygens (including phenoxy) is 1. The molecule has 0 spiro atoms. The van der Waals surface area contributed by atoms with E-state index in [0.29, 0.717) is 11.4 Å². The van der Waals surface area contributed by atoms with Gasteiger partial charge in [0.2, 0.25) is 5.91 Å². The average molecular weight is 462 g/mol. The van der Waals surface area contributed by atoms with Gasteiger partial charge in [-0.3, -0.25) is 4.79 Å². The summed E-state index contributed by atoms with van der Waals surface area (Å²) in [5.41, 5.74) is 3.55. The van der Waals surface area contributed by atoms with Crippen molar-refractivity contribution in [3.63, 3.8) is 0 Å². The summed E-state index contributed by atoms with van der Waals surface area (Å²) >= 11 is 6.21. The maximum Gasteiger partial charge on any atom is 0.408 e. The van der Waals surface area contributed by atoms with E-state index in [1.807, 2.05) is 79.0 Å². The number of carbonyl (C=O) groups is 2. The number of nitrogens with one attached hydrogen (secondary N) is 3. The molecule has 1 heterocycles. The van der Waals surface area contributed by atoms with Gasteiger partial charge in [0, 0.05) is 35.1 Å². The Labute approximate surface area is 196 Å². The second-order valence-corrected chi connectivity index (χ2v) is 8.04. The van der Waals surface area contributed by atoms with Crippen molar-refractivity contribution < 1.29 is 14.3 Å². The van der Waals surface area contributed by atoms with Crippen LogP contribution in [0.4, 0.5) is 4.79 Å². The number of halogens is 1. The van der Waals surface area contributed by atoms with Gasteiger partial charge in [0.15, 0.2) is 0 Å². The van der Waals surface area contributed by atoms with Crippen LogP contribution in [-0.2, 0) is 29.1 Å². The molecule has 0 bridgehead atoms. The fourth-order valence-corrected chi connectivity index (χ4v) is 3.79. The van der Waals surface area contributed by atoms with Crippen LogP contribution in [0.1, 0.15) is 16.7 Å². The van der Waals surface area contributed by atoms with Crippen LogP contribution >= 0.6 is 11.6 Å². The molecule has 168 valence electrons. The van der Waals surface area contributed by atoms with Gasteiger partial charge in [-0.1, -0.05) is 78.3 Å².